The van der Waals surface area contributed by atoms with Crippen LogP contribution in [0.25, 0.3) is 0 Å². The second-order valence-electron chi connectivity index (χ2n) is 7.49. The molecule has 27 heavy (non-hydrogen) atoms. The van der Waals surface area contributed by atoms with E-state index in [0.717, 1.165) is 55.6 Å². The molecule has 2 aromatic rings. The Morgan fingerprint density at radius 2 is 1.85 bits per heavy atom. The summed E-state index contributed by atoms with van der Waals surface area (Å²) < 4.78 is 40.0. The van der Waals surface area contributed by atoms with Gasteiger partial charge in [-0.15, -0.1) is 0 Å². The van der Waals surface area contributed by atoms with Gasteiger partial charge in [0.1, 0.15) is 5.82 Å². The first-order valence-corrected chi connectivity index (χ1v) is 9.38. The van der Waals surface area contributed by atoms with Crippen LogP contribution in [0.1, 0.15) is 49.1 Å². The number of alkyl halides is 3. The molecule has 2 aliphatic rings. The van der Waals surface area contributed by atoms with Crippen molar-refractivity contribution in [3.63, 3.8) is 0 Å². The second kappa shape index (κ2) is 7.02. The molecule has 1 aromatic carbocycles. The first-order chi connectivity index (χ1) is 12.9. The smallest absolute Gasteiger partial charge is 0.332 e. The maximum absolute atomic E-state index is 12.7. The Morgan fingerprint density at radius 3 is 2.41 bits per heavy atom. The van der Waals surface area contributed by atoms with Crippen molar-refractivity contribution < 1.29 is 18.0 Å². The predicted molar refractivity (Wildman–Crippen MR) is 93.7 cm³/mol. The summed E-state index contributed by atoms with van der Waals surface area (Å²) in [6.07, 6.45) is 4.31. The van der Waals surface area contributed by atoms with E-state index in [1.54, 1.807) is 6.20 Å². The van der Waals surface area contributed by atoms with Gasteiger partial charge in [-0.1, -0.05) is 18.6 Å². The van der Waals surface area contributed by atoms with Crippen LogP contribution >= 0.6 is 0 Å². The molecule has 2 aliphatic carbocycles. The molecular weight excluding hydrogens is 355 g/mol. The molecule has 0 spiro atoms. The number of halogens is 3. The van der Waals surface area contributed by atoms with E-state index in [-0.39, 0.29) is 11.8 Å². The Labute approximate surface area is 156 Å². The van der Waals surface area contributed by atoms with E-state index < -0.39 is 11.7 Å². The minimum atomic E-state index is -4.33. The lowest BCUT2D eigenvalue weighted by atomic mass is 9.84. The number of amides is 1. The number of hydrogen-bond donors (Lipinski definition) is 0. The van der Waals surface area contributed by atoms with Crippen molar-refractivity contribution in [1.29, 1.82) is 0 Å². The summed E-state index contributed by atoms with van der Waals surface area (Å²) in [5.74, 6) is 1.16. The van der Waals surface area contributed by atoms with Crippen LogP contribution in [0.4, 0.5) is 13.2 Å². The lowest BCUT2D eigenvalue weighted by Crippen LogP contribution is -2.40. The van der Waals surface area contributed by atoms with E-state index in [4.69, 9.17) is 0 Å². The summed E-state index contributed by atoms with van der Waals surface area (Å²) in [5, 5.41) is 0. The van der Waals surface area contributed by atoms with Crippen LogP contribution in [-0.2, 0) is 24.1 Å². The van der Waals surface area contributed by atoms with Crippen molar-refractivity contribution in [1.82, 2.24) is 14.5 Å². The van der Waals surface area contributed by atoms with Crippen LogP contribution in [0, 0.1) is 5.92 Å². The molecule has 0 aliphatic heterocycles. The molecule has 2 fully saturated rings. The fourth-order valence-electron chi connectivity index (χ4n) is 3.45. The van der Waals surface area contributed by atoms with Crippen molar-refractivity contribution >= 4 is 5.91 Å². The van der Waals surface area contributed by atoms with Gasteiger partial charge in [0.05, 0.1) is 12.1 Å². The third-order valence-electron chi connectivity index (χ3n) is 5.47. The highest BCUT2D eigenvalue weighted by molar-refractivity contribution is 5.80. The van der Waals surface area contributed by atoms with Crippen LogP contribution in [0.5, 0.6) is 0 Å². The van der Waals surface area contributed by atoms with E-state index in [2.05, 4.69) is 4.98 Å². The van der Waals surface area contributed by atoms with E-state index in [1.165, 1.54) is 12.1 Å². The highest BCUT2D eigenvalue weighted by atomic mass is 19.4. The Bertz CT molecular complexity index is 805. The third kappa shape index (κ3) is 4.01. The zero-order chi connectivity index (χ0) is 19.0. The quantitative estimate of drug-likeness (QED) is 0.755. The van der Waals surface area contributed by atoms with Gasteiger partial charge in [0.15, 0.2) is 0 Å². The van der Waals surface area contributed by atoms with Gasteiger partial charge in [-0.25, -0.2) is 4.98 Å². The van der Waals surface area contributed by atoms with Crippen molar-refractivity contribution in [2.45, 2.75) is 57.4 Å². The van der Waals surface area contributed by atoms with Gasteiger partial charge in [-0.2, -0.15) is 13.2 Å². The van der Waals surface area contributed by atoms with Crippen molar-refractivity contribution in [2.75, 3.05) is 0 Å². The van der Waals surface area contributed by atoms with E-state index >= 15 is 0 Å². The number of benzene rings is 1. The summed E-state index contributed by atoms with van der Waals surface area (Å²) in [4.78, 5) is 19.1. The molecule has 0 bridgehead atoms. The maximum Gasteiger partial charge on any atom is 0.416 e. The van der Waals surface area contributed by atoms with Gasteiger partial charge in [-0.05, 0) is 43.4 Å². The number of imidazole rings is 1. The molecule has 2 saturated carbocycles. The molecule has 7 heteroatoms. The lowest BCUT2D eigenvalue weighted by Gasteiger charge is -2.31. The Kier molecular flexibility index (Phi) is 4.70. The number of nitrogens with zero attached hydrogens (tertiary/aromatic N) is 3. The predicted octanol–water partition coefficient (Wildman–Crippen LogP) is 4.24. The standard InChI is InChI=1S/C20H22F3N3O/c21-20(22,23)16-6-4-14(5-7-16)12-25-11-10-24-18(25)13-26(17-8-9-17)19(27)15-2-1-3-15/h4-7,10-11,15,17H,1-3,8-9,12-13H2. The second-order valence-corrected chi connectivity index (χ2v) is 7.49. The van der Waals surface area contributed by atoms with Crippen LogP contribution in [0.3, 0.4) is 0 Å². The number of carbonyl (C=O) groups excluding carboxylic acids is 1. The summed E-state index contributed by atoms with van der Waals surface area (Å²) in [7, 11) is 0. The van der Waals surface area contributed by atoms with Gasteiger partial charge in [0.2, 0.25) is 5.91 Å². The topological polar surface area (TPSA) is 38.1 Å². The van der Waals surface area contributed by atoms with Gasteiger partial charge in [0, 0.05) is 30.9 Å². The van der Waals surface area contributed by atoms with E-state index in [1.807, 2.05) is 15.7 Å². The number of hydrogen-bond acceptors (Lipinski definition) is 2. The fourth-order valence-corrected chi connectivity index (χ4v) is 3.45. The molecule has 4 nitrogen and oxygen atoms in total. The molecular formula is C20H22F3N3O. The summed E-state index contributed by atoms with van der Waals surface area (Å²) in [6.45, 7) is 0.900. The van der Waals surface area contributed by atoms with Crippen molar-refractivity contribution in [2.24, 2.45) is 5.92 Å². The molecule has 4 rings (SSSR count). The molecule has 0 radical (unpaired) electrons. The summed E-state index contributed by atoms with van der Waals surface area (Å²) >= 11 is 0. The Balaban J connectivity index is 1.46. The lowest BCUT2D eigenvalue weighted by molar-refractivity contribution is -0.139. The first kappa shape index (κ1) is 18.1. The van der Waals surface area contributed by atoms with Crippen molar-refractivity contribution in [3.8, 4) is 0 Å². The Hall–Kier alpha value is -2.31. The molecule has 144 valence electrons. The average molecular weight is 377 g/mol. The molecule has 0 atom stereocenters. The SMILES string of the molecule is O=C(C1CCC1)N(Cc1nccn1Cc1ccc(C(F)(F)F)cc1)C1CC1. The molecule has 0 saturated heterocycles. The third-order valence-corrected chi connectivity index (χ3v) is 5.47. The molecule has 1 aromatic heterocycles. The molecule has 0 N–H and O–H groups in total. The largest absolute Gasteiger partial charge is 0.416 e. The molecule has 1 amide bonds. The number of aromatic nitrogens is 2. The van der Waals surface area contributed by atoms with Crippen molar-refractivity contribution in [3.05, 3.63) is 53.6 Å². The minimum absolute atomic E-state index is 0.156. The van der Waals surface area contributed by atoms with Crippen LogP contribution in [0.2, 0.25) is 0 Å². The average Bonchev–Trinajstić information content (AvgIpc) is 3.32. The zero-order valence-electron chi connectivity index (χ0n) is 15.0. The van der Waals surface area contributed by atoms with E-state index in [0.29, 0.717) is 19.1 Å². The maximum atomic E-state index is 12.7. The molecule has 1 heterocycles. The number of rotatable bonds is 6. The highest BCUT2D eigenvalue weighted by Gasteiger charge is 2.38. The molecule has 0 unspecified atom stereocenters. The first-order valence-electron chi connectivity index (χ1n) is 9.38. The van der Waals surface area contributed by atoms with Crippen LogP contribution in [-0.4, -0.2) is 26.4 Å². The number of carbonyl (C=O) groups is 1. The zero-order valence-corrected chi connectivity index (χ0v) is 15.0. The van der Waals surface area contributed by atoms with Gasteiger partial charge in [-0.3, -0.25) is 4.79 Å². The normalized spacial score (nSPS) is 17.6. The fraction of sp³-hybridized carbons (Fsp3) is 0.500. The van der Waals surface area contributed by atoms with Gasteiger partial charge >= 0.3 is 6.18 Å². The minimum Gasteiger partial charge on any atom is -0.332 e. The summed E-state index contributed by atoms with van der Waals surface area (Å²) in [5.41, 5.74) is 0.119. The highest BCUT2D eigenvalue weighted by Crippen LogP contribution is 2.35. The summed E-state index contributed by atoms with van der Waals surface area (Å²) in [6, 6.07) is 5.50. The Morgan fingerprint density at radius 1 is 1.15 bits per heavy atom. The van der Waals surface area contributed by atoms with E-state index in [9.17, 15) is 18.0 Å². The van der Waals surface area contributed by atoms with Gasteiger partial charge < -0.3 is 9.47 Å². The van der Waals surface area contributed by atoms with Gasteiger partial charge in [0.25, 0.3) is 0 Å². The van der Waals surface area contributed by atoms with Crippen LogP contribution < -0.4 is 0 Å². The monoisotopic (exact) mass is 377 g/mol. The van der Waals surface area contributed by atoms with Crippen LogP contribution in [0.15, 0.2) is 36.7 Å².